The van der Waals surface area contributed by atoms with E-state index in [1.807, 2.05) is 0 Å². The average Bonchev–Trinajstić information content (AvgIpc) is 1.58. The first kappa shape index (κ1) is 18.8. The van der Waals surface area contributed by atoms with Crippen LogP contribution in [0.1, 0.15) is 0 Å². The Hall–Kier alpha value is 1.09. The minimum atomic E-state index is -1.90. The molecule has 0 radical (unpaired) electrons. The van der Waals surface area contributed by atoms with Crippen LogP contribution in [0.2, 0.25) is 0 Å². The summed E-state index contributed by atoms with van der Waals surface area (Å²) in [5.41, 5.74) is 0. The molecule has 0 bridgehead atoms. The van der Waals surface area contributed by atoms with E-state index in [0.717, 1.165) is 0 Å². The summed E-state index contributed by atoms with van der Waals surface area (Å²) in [5, 5.41) is 19.3. The first-order valence-electron chi connectivity index (χ1n) is 2.27. The molecule has 0 rings (SSSR count). The summed E-state index contributed by atoms with van der Waals surface area (Å²) in [5.74, 6) is -4.57. The fourth-order valence-electron chi connectivity index (χ4n) is 0.314. The van der Waals surface area contributed by atoms with Crippen molar-refractivity contribution in [2.45, 2.75) is 0 Å². The molecule has 0 spiro atoms. The third-order valence-corrected chi connectivity index (χ3v) is 1.67. The van der Waals surface area contributed by atoms with Gasteiger partial charge in [-0.05, 0) is 0 Å². The molecule has 0 aromatic heterocycles. The molecule has 0 heterocycles. The number of rotatable bonds is 4. The Balaban J connectivity index is -0.000000405. The summed E-state index contributed by atoms with van der Waals surface area (Å²) in [6.07, 6.45) is 0. The summed E-state index contributed by atoms with van der Waals surface area (Å²) < 4.78 is 10.3. The molecule has 0 aliphatic carbocycles. The smallest absolute Gasteiger partial charge is 0.549 e. The Morgan fingerprint density at radius 3 is 1.42 bits per heavy atom. The van der Waals surface area contributed by atoms with Gasteiger partial charge in [-0.15, -0.1) is 0 Å². The summed E-state index contributed by atoms with van der Waals surface area (Å²) in [6, 6.07) is 0. The van der Waals surface area contributed by atoms with Gasteiger partial charge in [-0.25, -0.2) is 0 Å². The van der Waals surface area contributed by atoms with Gasteiger partial charge < -0.3 is 19.8 Å². The van der Waals surface area contributed by atoms with Crippen LogP contribution in [0, 0.1) is 0 Å². The van der Waals surface area contributed by atoms with E-state index in [-0.39, 0.29) is 59.1 Å². The van der Waals surface area contributed by atoms with Gasteiger partial charge in [0.05, 0.1) is 23.4 Å². The molecule has 0 aromatic carbocycles. The van der Waals surface area contributed by atoms with Crippen molar-refractivity contribution < 1.29 is 83.1 Å². The van der Waals surface area contributed by atoms with Crippen molar-refractivity contribution in [1.29, 1.82) is 0 Å². The quantitative estimate of drug-likeness (QED) is 0.429. The Morgan fingerprint density at radius 2 is 1.25 bits per heavy atom. The molecule has 0 saturated carbocycles. The third-order valence-electron chi connectivity index (χ3n) is 0.558. The van der Waals surface area contributed by atoms with Crippen molar-refractivity contribution in [3.63, 3.8) is 0 Å². The first-order valence-corrected chi connectivity index (χ1v) is 3.76. The van der Waals surface area contributed by atoms with Crippen molar-refractivity contribution in [1.82, 2.24) is 0 Å². The summed E-state index contributed by atoms with van der Waals surface area (Å²) in [4.78, 5) is 19.3. The van der Waals surface area contributed by atoms with E-state index < -0.39 is 34.2 Å². The van der Waals surface area contributed by atoms with Gasteiger partial charge in [0.15, 0.2) is 0 Å². The normalized spacial score (nSPS) is 8.08. The first-order chi connectivity index (χ1) is 4.52. The molecular weight excluding hydrogens is 206 g/mol. The predicted molar refractivity (Wildman–Crippen MR) is 27.9 cm³/mol. The van der Waals surface area contributed by atoms with Crippen LogP contribution in [0.5, 0.6) is 0 Å². The van der Waals surface area contributed by atoms with E-state index >= 15 is 0 Å². The van der Waals surface area contributed by atoms with E-state index in [1.165, 1.54) is 0 Å². The maximum absolute atomic E-state index is 10.3. The molecule has 12 heavy (non-hydrogen) atoms. The molecular formula is C4H4Na2O5S. The second-order valence-corrected chi connectivity index (χ2v) is 2.93. The topological polar surface area (TPSA) is 97.3 Å². The minimum absolute atomic E-state index is 0. The number of aliphatic carboxylic acids is 2. The maximum Gasteiger partial charge on any atom is 1.00 e. The molecule has 0 aliphatic heterocycles. The van der Waals surface area contributed by atoms with Gasteiger partial charge in [-0.1, -0.05) is 0 Å². The zero-order valence-corrected chi connectivity index (χ0v) is 11.7. The van der Waals surface area contributed by atoms with Gasteiger partial charge in [-0.2, -0.15) is 0 Å². The molecule has 0 fully saturated rings. The van der Waals surface area contributed by atoms with Crippen LogP contribution in [0.15, 0.2) is 0 Å². The van der Waals surface area contributed by atoms with Crippen LogP contribution in [0.4, 0.5) is 0 Å². The van der Waals surface area contributed by atoms with Crippen molar-refractivity contribution >= 4 is 22.7 Å². The fraction of sp³-hybridized carbons (Fsp3) is 0.500. The van der Waals surface area contributed by atoms with E-state index in [2.05, 4.69) is 0 Å². The number of carboxylic acids is 2. The Kier molecular flexibility index (Phi) is 15.9. The van der Waals surface area contributed by atoms with Crippen LogP contribution in [-0.2, 0) is 20.4 Å². The third kappa shape index (κ3) is 13.7. The number of hydrogen-bond donors (Lipinski definition) is 0. The second kappa shape index (κ2) is 10.2. The van der Waals surface area contributed by atoms with Gasteiger partial charge in [-0.3, -0.25) is 4.21 Å². The number of carboxylic acid groups (broad SMARTS) is 2. The molecule has 5 nitrogen and oxygen atoms in total. The van der Waals surface area contributed by atoms with Crippen LogP contribution in [-0.4, -0.2) is 27.7 Å². The standard InChI is InChI=1S/C4H6O5S.2Na/c5-3(6)1-10(9)2-4(7)8;;/h1-2H2,(H,5,6)(H,7,8);;/q;2*+1/p-2. The number of carbonyl (C=O) groups is 2. The van der Waals surface area contributed by atoms with Gasteiger partial charge in [0.25, 0.3) is 0 Å². The Morgan fingerprint density at radius 1 is 1.00 bits per heavy atom. The largest absolute Gasteiger partial charge is 1.00 e. The van der Waals surface area contributed by atoms with Crippen LogP contribution >= 0.6 is 0 Å². The molecule has 0 aliphatic rings. The van der Waals surface area contributed by atoms with E-state index in [0.29, 0.717) is 0 Å². The van der Waals surface area contributed by atoms with Crippen LogP contribution < -0.4 is 69.3 Å². The number of hydrogen-bond acceptors (Lipinski definition) is 5. The van der Waals surface area contributed by atoms with Gasteiger partial charge >= 0.3 is 59.1 Å². The molecule has 0 atom stereocenters. The zero-order valence-electron chi connectivity index (χ0n) is 6.86. The summed E-state index contributed by atoms with van der Waals surface area (Å²) >= 11 is 0. The van der Waals surface area contributed by atoms with Gasteiger partial charge in [0.1, 0.15) is 0 Å². The monoisotopic (exact) mass is 210 g/mol. The molecule has 0 amide bonds. The summed E-state index contributed by atoms with van der Waals surface area (Å²) in [7, 11) is -1.90. The van der Waals surface area contributed by atoms with Gasteiger partial charge in [0, 0.05) is 10.8 Å². The average molecular weight is 210 g/mol. The molecule has 0 unspecified atom stereocenters. The second-order valence-electron chi connectivity index (χ2n) is 1.47. The Labute approximate surface area is 116 Å². The SMILES string of the molecule is O=C([O-])CS(=O)CC(=O)[O-].[Na+].[Na+]. The zero-order chi connectivity index (χ0) is 8.15. The minimum Gasteiger partial charge on any atom is -0.549 e. The maximum atomic E-state index is 10.3. The van der Waals surface area contributed by atoms with E-state index in [4.69, 9.17) is 0 Å². The van der Waals surface area contributed by atoms with Crippen molar-refractivity contribution in [2.24, 2.45) is 0 Å². The molecule has 58 valence electrons. The van der Waals surface area contributed by atoms with Crippen molar-refractivity contribution in [2.75, 3.05) is 11.5 Å². The molecule has 8 heteroatoms. The van der Waals surface area contributed by atoms with E-state index in [1.54, 1.807) is 0 Å². The predicted octanol–water partition coefficient (Wildman–Crippen LogP) is -9.76. The van der Waals surface area contributed by atoms with Crippen LogP contribution in [0.3, 0.4) is 0 Å². The van der Waals surface area contributed by atoms with Crippen LogP contribution in [0.25, 0.3) is 0 Å². The molecule has 0 saturated heterocycles. The molecule has 0 N–H and O–H groups in total. The van der Waals surface area contributed by atoms with E-state index in [9.17, 15) is 24.0 Å². The Bertz CT molecular complexity index is 164. The molecule has 0 aromatic rings. The summed E-state index contributed by atoms with van der Waals surface area (Å²) in [6.45, 7) is 0. The van der Waals surface area contributed by atoms with Gasteiger partial charge in [0.2, 0.25) is 0 Å². The van der Waals surface area contributed by atoms with Crippen molar-refractivity contribution in [3.05, 3.63) is 0 Å². The number of carbonyl (C=O) groups excluding carboxylic acids is 2. The van der Waals surface area contributed by atoms with Crippen molar-refractivity contribution in [3.8, 4) is 0 Å². The fourth-order valence-corrected chi connectivity index (χ4v) is 0.942.